The third-order valence-electron chi connectivity index (χ3n) is 12.7. The van der Waals surface area contributed by atoms with Crippen molar-refractivity contribution in [3.63, 3.8) is 0 Å². The highest BCUT2D eigenvalue weighted by Gasteiger charge is 2.39. The number of fused-ring (bicyclic) bond motifs is 11. The van der Waals surface area contributed by atoms with E-state index in [0.717, 1.165) is 35.0 Å². The van der Waals surface area contributed by atoms with Crippen LogP contribution in [-0.2, 0) is 23.7 Å². The van der Waals surface area contributed by atoms with E-state index >= 15 is 0 Å². The van der Waals surface area contributed by atoms with Crippen LogP contribution >= 0.6 is 11.7 Å². The van der Waals surface area contributed by atoms with E-state index in [4.69, 9.17) is 8.75 Å². The smallest absolute Gasteiger partial charge is 0.113 e. The molecule has 0 amide bonds. The lowest BCUT2D eigenvalue weighted by atomic mass is 9.79. The van der Waals surface area contributed by atoms with Crippen molar-refractivity contribution in [2.45, 2.75) is 79.1 Å². The molecule has 0 aliphatic heterocycles. The molecule has 55 heavy (non-hydrogen) atoms. The average Bonchev–Trinajstić information content (AvgIpc) is 3.80. The highest BCUT2D eigenvalue weighted by molar-refractivity contribution is 7.00. The molecule has 0 fully saturated rings. The lowest BCUT2D eigenvalue weighted by Crippen LogP contribution is -2.15. The Bertz CT molecular complexity index is 2690. The Kier molecular flexibility index (Phi) is 7.62. The summed E-state index contributed by atoms with van der Waals surface area (Å²) in [6, 6.07) is 42.2. The van der Waals surface area contributed by atoms with Crippen LogP contribution in [-0.4, -0.2) is 8.75 Å². The molecule has 0 N–H and O–H groups in total. The van der Waals surface area contributed by atoms with Crippen molar-refractivity contribution in [1.29, 1.82) is 0 Å². The zero-order valence-electron chi connectivity index (χ0n) is 33.3. The minimum atomic E-state index is -0.129. The second kappa shape index (κ2) is 12.2. The summed E-state index contributed by atoms with van der Waals surface area (Å²) in [5.74, 6) is 1.28. The summed E-state index contributed by atoms with van der Waals surface area (Å²) in [6.07, 6.45) is 2.21. The zero-order valence-corrected chi connectivity index (χ0v) is 34.1. The molecule has 2 aliphatic carbocycles. The average molecular weight is 733 g/mol. The predicted molar refractivity (Wildman–Crippen MR) is 236 cm³/mol. The Balaban J connectivity index is 1.02. The van der Waals surface area contributed by atoms with E-state index in [-0.39, 0.29) is 10.8 Å². The standard InChI is InChI=1S/C52H48N2S/c1-29(2)23-31-9-15-37-33(25-31)13-19-43-41-17-11-35(27-45(41)51(5,6)47(37)43)39-21-22-40(50-49(39)53-55-54-50)36-12-18-42-44-20-14-34-26-32(24-30(3)4)10-16-38(34)48(44)52(7,8)46(42)28-36/h9-22,25-30H,23-24H2,1-8H3. The zero-order chi connectivity index (χ0) is 38.0. The van der Waals surface area contributed by atoms with Crippen LogP contribution in [0.3, 0.4) is 0 Å². The van der Waals surface area contributed by atoms with Gasteiger partial charge in [0.2, 0.25) is 0 Å². The summed E-state index contributed by atoms with van der Waals surface area (Å²) in [4.78, 5) is 0. The van der Waals surface area contributed by atoms with E-state index < -0.39 is 0 Å². The van der Waals surface area contributed by atoms with E-state index in [1.807, 2.05) is 0 Å². The van der Waals surface area contributed by atoms with Crippen molar-refractivity contribution < 1.29 is 0 Å². The fourth-order valence-corrected chi connectivity index (χ4v) is 10.9. The van der Waals surface area contributed by atoms with Crippen LogP contribution in [0.4, 0.5) is 0 Å². The molecule has 0 saturated heterocycles. The lowest BCUT2D eigenvalue weighted by molar-refractivity contribution is 0.647. The lowest BCUT2D eigenvalue weighted by Gasteiger charge is -2.24. The molecular formula is C52H48N2S. The Morgan fingerprint density at radius 3 is 1.27 bits per heavy atom. The molecule has 2 aliphatic rings. The summed E-state index contributed by atoms with van der Waals surface area (Å²) in [6.45, 7) is 18.8. The second-order valence-corrected chi connectivity index (χ2v) is 18.7. The van der Waals surface area contributed by atoms with Gasteiger partial charge in [0.05, 0.1) is 11.7 Å². The first-order valence-corrected chi connectivity index (χ1v) is 20.8. The quantitative estimate of drug-likeness (QED) is 0.170. The van der Waals surface area contributed by atoms with Gasteiger partial charge in [0.25, 0.3) is 0 Å². The van der Waals surface area contributed by atoms with Crippen LogP contribution < -0.4 is 0 Å². The Hall–Kier alpha value is -5.12. The molecule has 0 saturated carbocycles. The molecule has 272 valence electrons. The van der Waals surface area contributed by atoms with Gasteiger partial charge in [-0.05, 0) is 125 Å². The van der Waals surface area contributed by atoms with E-state index in [1.165, 1.54) is 100 Å². The van der Waals surface area contributed by atoms with Gasteiger partial charge in [-0.15, -0.1) is 0 Å². The van der Waals surface area contributed by atoms with Gasteiger partial charge in [-0.3, -0.25) is 0 Å². The number of benzene rings is 7. The van der Waals surface area contributed by atoms with Crippen molar-refractivity contribution in [3.8, 4) is 44.5 Å². The van der Waals surface area contributed by atoms with Gasteiger partial charge in [-0.25, -0.2) is 0 Å². The molecule has 8 aromatic rings. The molecule has 1 aromatic heterocycles. The molecule has 0 spiro atoms. The number of aromatic nitrogens is 2. The molecule has 2 nitrogen and oxygen atoms in total. The summed E-state index contributed by atoms with van der Waals surface area (Å²) in [5.41, 5.74) is 20.2. The number of rotatable bonds is 6. The summed E-state index contributed by atoms with van der Waals surface area (Å²) < 4.78 is 9.89. The normalized spacial score (nSPS) is 14.9. The monoisotopic (exact) mass is 732 g/mol. The first-order chi connectivity index (χ1) is 26.4. The van der Waals surface area contributed by atoms with Crippen molar-refractivity contribution in [3.05, 3.63) is 143 Å². The molecule has 0 unspecified atom stereocenters. The highest BCUT2D eigenvalue weighted by atomic mass is 32.1. The Labute approximate surface area is 329 Å². The first-order valence-electron chi connectivity index (χ1n) is 20.1. The fourth-order valence-electron chi connectivity index (χ4n) is 10.3. The third-order valence-corrected chi connectivity index (χ3v) is 13.2. The van der Waals surface area contributed by atoms with Gasteiger partial charge in [0.15, 0.2) is 0 Å². The predicted octanol–water partition coefficient (Wildman–Crippen LogP) is 14.3. The molecule has 7 aromatic carbocycles. The fraction of sp³-hybridized carbons (Fsp3) is 0.269. The maximum absolute atomic E-state index is 4.94. The van der Waals surface area contributed by atoms with Crippen molar-refractivity contribution in [1.82, 2.24) is 8.75 Å². The number of hydrogen-bond acceptors (Lipinski definition) is 3. The molecule has 0 atom stereocenters. The summed E-state index contributed by atoms with van der Waals surface area (Å²) >= 11 is 1.31. The van der Waals surface area contributed by atoms with Gasteiger partial charge >= 0.3 is 0 Å². The molecule has 10 rings (SSSR count). The van der Waals surface area contributed by atoms with Crippen molar-refractivity contribution in [2.24, 2.45) is 11.8 Å². The summed E-state index contributed by atoms with van der Waals surface area (Å²) in [7, 11) is 0. The SMILES string of the molecule is CC(C)Cc1ccc2c3c(ccc2c1)-c1ccc(-c2ccc(-c4ccc5c(c4)C(C)(C)c4c-5ccc5cc(CC(C)C)ccc45)c4nsnc24)cc1C3(C)C. The van der Waals surface area contributed by atoms with Crippen molar-refractivity contribution >= 4 is 44.3 Å². The minimum Gasteiger partial charge on any atom is -0.172 e. The van der Waals surface area contributed by atoms with Crippen LogP contribution in [0, 0.1) is 11.8 Å². The van der Waals surface area contributed by atoms with Gasteiger partial charge in [0, 0.05) is 22.0 Å². The highest BCUT2D eigenvalue weighted by Crippen LogP contribution is 2.54. The van der Waals surface area contributed by atoms with Gasteiger partial charge in [-0.2, -0.15) is 8.75 Å². The van der Waals surface area contributed by atoms with Gasteiger partial charge in [-0.1, -0.05) is 152 Å². The minimum absolute atomic E-state index is 0.129. The van der Waals surface area contributed by atoms with E-state index in [0.29, 0.717) is 11.8 Å². The van der Waals surface area contributed by atoms with Crippen molar-refractivity contribution in [2.75, 3.05) is 0 Å². The number of nitrogens with zero attached hydrogens (tertiary/aromatic N) is 2. The molecular weight excluding hydrogens is 685 g/mol. The summed E-state index contributed by atoms with van der Waals surface area (Å²) in [5, 5.41) is 5.42. The maximum Gasteiger partial charge on any atom is 0.113 e. The Morgan fingerprint density at radius 1 is 0.455 bits per heavy atom. The van der Waals surface area contributed by atoms with Crippen LogP contribution in [0.5, 0.6) is 0 Å². The van der Waals surface area contributed by atoms with Gasteiger partial charge < -0.3 is 0 Å². The largest absolute Gasteiger partial charge is 0.172 e. The van der Waals surface area contributed by atoms with E-state index in [2.05, 4.69) is 165 Å². The van der Waals surface area contributed by atoms with Crippen LogP contribution in [0.15, 0.2) is 109 Å². The van der Waals surface area contributed by atoms with E-state index in [1.54, 1.807) is 0 Å². The third kappa shape index (κ3) is 5.19. The van der Waals surface area contributed by atoms with E-state index in [9.17, 15) is 0 Å². The number of hydrogen-bond donors (Lipinski definition) is 0. The molecule has 0 bridgehead atoms. The van der Waals surface area contributed by atoms with Crippen LogP contribution in [0.25, 0.3) is 77.1 Å². The molecule has 0 radical (unpaired) electrons. The molecule has 1 heterocycles. The maximum atomic E-state index is 4.94. The second-order valence-electron chi connectivity index (χ2n) is 18.2. The molecule has 3 heteroatoms. The van der Waals surface area contributed by atoms with Crippen LogP contribution in [0.1, 0.15) is 88.8 Å². The van der Waals surface area contributed by atoms with Crippen LogP contribution in [0.2, 0.25) is 0 Å². The Morgan fingerprint density at radius 2 is 0.855 bits per heavy atom. The first kappa shape index (κ1) is 34.4. The topological polar surface area (TPSA) is 25.8 Å². The van der Waals surface area contributed by atoms with Gasteiger partial charge in [0.1, 0.15) is 11.0 Å².